The van der Waals surface area contributed by atoms with Crippen LogP contribution in [0.3, 0.4) is 0 Å². The first-order valence-corrected chi connectivity index (χ1v) is 7.33. The Hall–Kier alpha value is -2.34. The fourth-order valence-corrected chi connectivity index (χ4v) is 2.77. The molecule has 1 atom stereocenters. The van der Waals surface area contributed by atoms with Crippen molar-refractivity contribution in [2.45, 2.75) is 18.9 Å². The molecule has 1 N–H and O–H groups in total. The van der Waals surface area contributed by atoms with Gasteiger partial charge in [0.05, 0.1) is 18.8 Å². The van der Waals surface area contributed by atoms with Crippen LogP contribution in [0.4, 0.5) is 10.5 Å². The molecule has 6 nitrogen and oxygen atoms in total. The maximum absolute atomic E-state index is 12.4. The molecule has 2 amide bonds. The molecule has 1 unspecified atom stereocenters. The van der Waals surface area contributed by atoms with Gasteiger partial charge in [-0.1, -0.05) is 12.1 Å². The number of aromatic nitrogens is 1. The van der Waals surface area contributed by atoms with Crippen LogP contribution < -0.4 is 5.32 Å². The Balaban J connectivity index is 1.70. The lowest BCUT2D eigenvalue weighted by Gasteiger charge is -2.24. The Morgan fingerprint density at radius 2 is 2.45 bits per heavy atom. The number of methoxy groups -OCH3 is 1. The molecule has 22 heavy (non-hydrogen) atoms. The quantitative estimate of drug-likeness (QED) is 0.942. The molecule has 0 radical (unpaired) electrons. The van der Waals surface area contributed by atoms with Crippen LogP contribution in [0.2, 0.25) is 0 Å². The molecule has 3 rings (SSSR count). The fraction of sp³-hybridized carbons (Fsp3) is 0.375. The number of carbonyl (C=O) groups excluding carboxylic acids is 1. The lowest BCUT2D eigenvalue weighted by Crippen LogP contribution is -2.40. The van der Waals surface area contributed by atoms with Gasteiger partial charge in [0.15, 0.2) is 12.2 Å². The first-order valence-electron chi connectivity index (χ1n) is 7.33. The van der Waals surface area contributed by atoms with E-state index < -0.39 is 0 Å². The van der Waals surface area contributed by atoms with Gasteiger partial charge in [-0.25, -0.2) is 9.78 Å². The summed E-state index contributed by atoms with van der Waals surface area (Å²) in [7, 11) is 1.66. The standard InChI is InChI=1S/C16H19N3O3/c1-21-10-14-6-3-7-19(14)16(20)18-13-5-2-4-12(8-13)15-9-17-11-22-15/h2,4-5,8-9,11,14H,3,6-7,10H2,1H3,(H,18,20). The van der Waals surface area contributed by atoms with Crippen LogP contribution in [0.1, 0.15) is 12.8 Å². The van der Waals surface area contributed by atoms with Crippen molar-refractivity contribution in [3.8, 4) is 11.3 Å². The number of hydrogen-bond acceptors (Lipinski definition) is 4. The molecular weight excluding hydrogens is 282 g/mol. The zero-order valence-corrected chi connectivity index (χ0v) is 12.5. The molecule has 1 fully saturated rings. The average molecular weight is 301 g/mol. The van der Waals surface area contributed by atoms with Crippen LogP contribution in [0.15, 0.2) is 41.3 Å². The predicted molar refractivity (Wildman–Crippen MR) is 82.6 cm³/mol. The van der Waals surface area contributed by atoms with E-state index in [0.717, 1.165) is 30.6 Å². The summed E-state index contributed by atoms with van der Waals surface area (Å²) in [5.74, 6) is 0.675. The second kappa shape index (κ2) is 6.62. The molecular formula is C16H19N3O3. The number of anilines is 1. The van der Waals surface area contributed by atoms with Crippen molar-refractivity contribution < 1.29 is 13.9 Å². The normalized spacial score (nSPS) is 17.7. The molecule has 2 heterocycles. The number of carbonyl (C=O) groups is 1. The fourth-order valence-electron chi connectivity index (χ4n) is 2.77. The minimum Gasteiger partial charge on any atom is -0.444 e. The molecule has 0 saturated carbocycles. The van der Waals surface area contributed by atoms with Gasteiger partial charge in [-0.05, 0) is 25.0 Å². The molecule has 1 aromatic heterocycles. The highest BCUT2D eigenvalue weighted by Crippen LogP contribution is 2.23. The van der Waals surface area contributed by atoms with E-state index in [1.807, 2.05) is 29.2 Å². The summed E-state index contributed by atoms with van der Waals surface area (Å²) in [6.45, 7) is 1.34. The van der Waals surface area contributed by atoms with Gasteiger partial charge >= 0.3 is 6.03 Å². The zero-order valence-electron chi connectivity index (χ0n) is 12.5. The second-order valence-corrected chi connectivity index (χ2v) is 5.32. The van der Waals surface area contributed by atoms with E-state index in [1.54, 1.807) is 13.3 Å². The highest BCUT2D eigenvalue weighted by atomic mass is 16.5. The molecule has 0 aliphatic carbocycles. The number of amides is 2. The summed E-state index contributed by atoms with van der Waals surface area (Å²) >= 11 is 0. The van der Waals surface area contributed by atoms with Gasteiger partial charge in [0.25, 0.3) is 0 Å². The summed E-state index contributed by atoms with van der Waals surface area (Å²) in [5, 5.41) is 2.94. The summed E-state index contributed by atoms with van der Waals surface area (Å²) in [5.41, 5.74) is 1.62. The van der Waals surface area contributed by atoms with Gasteiger partial charge in [-0.15, -0.1) is 0 Å². The number of benzene rings is 1. The summed E-state index contributed by atoms with van der Waals surface area (Å²) in [4.78, 5) is 18.2. The van der Waals surface area contributed by atoms with E-state index in [4.69, 9.17) is 9.15 Å². The number of oxazole rings is 1. The first kappa shape index (κ1) is 14.6. The van der Waals surface area contributed by atoms with Gasteiger partial charge < -0.3 is 19.4 Å². The van der Waals surface area contributed by atoms with Crippen molar-refractivity contribution in [1.82, 2.24) is 9.88 Å². The van der Waals surface area contributed by atoms with Crippen LogP contribution in [-0.4, -0.2) is 42.2 Å². The van der Waals surface area contributed by atoms with E-state index in [-0.39, 0.29) is 12.1 Å². The predicted octanol–water partition coefficient (Wildman–Crippen LogP) is 2.98. The molecule has 1 aromatic carbocycles. The van der Waals surface area contributed by atoms with Crippen LogP contribution in [0.25, 0.3) is 11.3 Å². The highest BCUT2D eigenvalue weighted by Gasteiger charge is 2.28. The number of urea groups is 1. The molecule has 0 spiro atoms. The van der Waals surface area contributed by atoms with Crippen LogP contribution >= 0.6 is 0 Å². The van der Waals surface area contributed by atoms with E-state index in [9.17, 15) is 4.79 Å². The monoisotopic (exact) mass is 301 g/mol. The number of ether oxygens (including phenoxy) is 1. The molecule has 116 valence electrons. The van der Waals surface area contributed by atoms with E-state index in [2.05, 4.69) is 10.3 Å². The van der Waals surface area contributed by atoms with E-state index in [0.29, 0.717) is 12.4 Å². The number of hydrogen-bond donors (Lipinski definition) is 1. The van der Waals surface area contributed by atoms with Crippen molar-refractivity contribution in [2.75, 3.05) is 25.6 Å². The number of likely N-dealkylation sites (tertiary alicyclic amines) is 1. The minimum atomic E-state index is -0.0886. The van der Waals surface area contributed by atoms with Crippen LogP contribution in [0, 0.1) is 0 Å². The van der Waals surface area contributed by atoms with Crippen molar-refractivity contribution in [3.05, 3.63) is 36.9 Å². The maximum atomic E-state index is 12.4. The van der Waals surface area contributed by atoms with Crippen molar-refractivity contribution in [1.29, 1.82) is 0 Å². The van der Waals surface area contributed by atoms with E-state index in [1.165, 1.54) is 6.39 Å². The van der Waals surface area contributed by atoms with Crippen molar-refractivity contribution in [3.63, 3.8) is 0 Å². The molecule has 1 aliphatic heterocycles. The van der Waals surface area contributed by atoms with Gasteiger partial charge in [0.1, 0.15) is 0 Å². The topological polar surface area (TPSA) is 67.6 Å². The van der Waals surface area contributed by atoms with Crippen molar-refractivity contribution >= 4 is 11.7 Å². The Morgan fingerprint density at radius 3 is 3.23 bits per heavy atom. The Morgan fingerprint density at radius 1 is 1.55 bits per heavy atom. The third kappa shape index (κ3) is 3.12. The largest absolute Gasteiger partial charge is 0.444 e. The lowest BCUT2D eigenvalue weighted by atomic mass is 10.1. The van der Waals surface area contributed by atoms with Gasteiger partial charge in [0.2, 0.25) is 0 Å². The van der Waals surface area contributed by atoms with Gasteiger partial charge in [0, 0.05) is 24.9 Å². The van der Waals surface area contributed by atoms with Gasteiger partial charge in [-0.3, -0.25) is 0 Å². The average Bonchev–Trinajstić information content (AvgIpc) is 3.19. The van der Waals surface area contributed by atoms with Crippen LogP contribution in [0.5, 0.6) is 0 Å². The molecule has 0 bridgehead atoms. The third-order valence-corrected chi connectivity index (χ3v) is 3.83. The minimum absolute atomic E-state index is 0.0886. The lowest BCUT2D eigenvalue weighted by molar-refractivity contribution is 0.128. The Kier molecular flexibility index (Phi) is 4.39. The van der Waals surface area contributed by atoms with E-state index >= 15 is 0 Å². The molecule has 2 aromatic rings. The molecule has 1 aliphatic rings. The molecule has 6 heteroatoms. The zero-order chi connectivity index (χ0) is 15.4. The van der Waals surface area contributed by atoms with Crippen LogP contribution in [-0.2, 0) is 4.74 Å². The molecule has 1 saturated heterocycles. The number of nitrogens with zero attached hydrogens (tertiary/aromatic N) is 2. The maximum Gasteiger partial charge on any atom is 0.322 e. The first-order chi connectivity index (χ1) is 10.8. The summed E-state index contributed by atoms with van der Waals surface area (Å²) in [6.07, 6.45) is 5.04. The SMILES string of the molecule is COCC1CCCN1C(=O)Nc1cccc(-c2cnco2)c1. The van der Waals surface area contributed by atoms with Gasteiger partial charge in [-0.2, -0.15) is 0 Å². The number of nitrogens with one attached hydrogen (secondary N) is 1. The summed E-state index contributed by atoms with van der Waals surface area (Å²) < 4.78 is 10.5. The Labute approximate surface area is 129 Å². The number of rotatable bonds is 4. The third-order valence-electron chi connectivity index (χ3n) is 3.83. The highest BCUT2D eigenvalue weighted by molar-refractivity contribution is 5.90. The smallest absolute Gasteiger partial charge is 0.322 e. The Bertz CT molecular complexity index is 627. The second-order valence-electron chi connectivity index (χ2n) is 5.32. The summed E-state index contributed by atoms with van der Waals surface area (Å²) in [6, 6.07) is 7.60. The van der Waals surface area contributed by atoms with Crippen molar-refractivity contribution in [2.24, 2.45) is 0 Å².